The van der Waals surface area contributed by atoms with E-state index in [4.69, 9.17) is 0 Å². The lowest BCUT2D eigenvalue weighted by Crippen LogP contribution is -2.42. The Morgan fingerprint density at radius 2 is 1.93 bits per heavy atom. The Morgan fingerprint density at radius 1 is 1.21 bits per heavy atom. The number of hydrogen-bond donors (Lipinski definition) is 1. The second kappa shape index (κ2) is 5.75. The minimum atomic E-state index is 0.652. The molecule has 1 aliphatic rings. The zero-order valence-electron chi connectivity index (χ0n) is 10.2. The van der Waals surface area contributed by atoms with Crippen LogP contribution in [-0.2, 0) is 0 Å². The molecule has 84 valence electrons. The third kappa shape index (κ3) is 3.61. The second-order valence-corrected chi connectivity index (χ2v) is 5.35. The summed E-state index contributed by atoms with van der Waals surface area (Å²) >= 11 is 0. The van der Waals surface area contributed by atoms with Gasteiger partial charge in [0.25, 0.3) is 0 Å². The predicted octanol–water partition coefficient (Wildman–Crippen LogP) is 3.74. The fourth-order valence-corrected chi connectivity index (χ4v) is 2.36. The van der Waals surface area contributed by atoms with Gasteiger partial charge in [-0.2, -0.15) is 0 Å². The number of hydrogen-bond acceptors (Lipinski definition) is 1. The third-order valence-electron chi connectivity index (χ3n) is 3.61. The molecule has 0 heterocycles. The molecule has 0 atom stereocenters. The van der Waals surface area contributed by atoms with Gasteiger partial charge < -0.3 is 5.32 Å². The molecule has 0 unspecified atom stereocenters. The van der Waals surface area contributed by atoms with Crippen molar-refractivity contribution in [3.05, 3.63) is 0 Å². The van der Waals surface area contributed by atoms with E-state index in [2.05, 4.69) is 26.1 Å². The van der Waals surface area contributed by atoms with Crippen molar-refractivity contribution < 1.29 is 0 Å². The summed E-state index contributed by atoms with van der Waals surface area (Å²) in [6, 6.07) is 0.652. The first-order chi connectivity index (χ1) is 6.68. The van der Waals surface area contributed by atoms with E-state index in [-0.39, 0.29) is 0 Å². The van der Waals surface area contributed by atoms with E-state index in [9.17, 15) is 0 Å². The van der Waals surface area contributed by atoms with Gasteiger partial charge in [-0.15, -0.1) is 0 Å². The van der Waals surface area contributed by atoms with Crippen LogP contribution in [-0.4, -0.2) is 12.6 Å². The lowest BCUT2D eigenvalue weighted by atomic mass is 9.65. The number of rotatable bonds is 7. The second-order valence-electron chi connectivity index (χ2n) is 5.35. The summed E-state index contributed by atoms with van der Waals surface area (Å²) in [4.78, 5) is 0. The highest BCUT2D eigenvalue weighted by Crippen LogP contribution is 2.44. The maximum Gasteiger partial charge on any atom is 0.00106 e. The summed E-state index contributed by atoms with van der Waals surface area (Å²) < 4.78 is 0. The molecule has 1 heteroatoms. The molecule has 1 fully saturated rings. The molecule has 0 radical (unpaired) electrons. The molecule has 0 aromatic heterocycles. The summed E-state index contributed by atoms with van der Waals surface area (Å²) in [6.07, 6.45) is 10.1. The summed E-state index contributed by atoms with van der Waals surface area (Å²) in [5, 5.41) is 3.62. The largest absolute Gasteiger partial charge is 0.314 e. The molecule has 0 saturated heterocycles. The average molecular weight is 197 g/mol. The summed E-state index contributed by atoms with van der Waals surface area (Å²) in [5.41, 5.74) is 0.694. The highest BCUT2D eigenvalue weighted by atomic mass is 14.9. The monoisotopic (exact) mass is 197 g/mol. The maximum atomic E-state index is 3.62. The van der Waals surface area contributed by atoms with Crippen molar-refractivity contribution in [1.29, 1.82) is 0 Å². The molecule has 0 bridgehead atoms. The van der Waals surface area contributed by atoms with E-state index in [0.717, 1.165) is 0 Å². The van der Waals surface area contributed by atoms with Crippen LogP contribution in [0.15, 0.2) is 0 Å². The average Bonchev–Trinajstić information content (AvgIpc) is 2.08. The van der Waals surface area contributed by atoms with Gasteiger partial charge in [0.2, 0.25) is 0 Å². The quantitative estimate of drug-likeness (QED) is 0.613. The zero-order chi connectivity index (χ0) is 10.4. The lowest BCUT2D eigenvalue weighted by Gasteiger charge is -2.43. The van der Waals surface area contributed by atoms with Crippen LogP contribution < -0.4 is 5.32 Å². The Kier molecular flexibility index (Phi) is 4.94. The van der Waals surface area contributed by atoms with Crippen molar-refractivity contribution in [2.75, 3.05) is 6.54 Å². The number of nitrogens with one attached hydrogen (secondary N) is 1. The Morgan fingerprint density at radius 3 is 2.36 bits per heavy atom. The van der Waals surface area contributed by atoms with Crippen LogP contribution in [0.2, 0.25) is 0 Å². The molecule has 1 aliphatic carbocycles. The van der Waals surface area contributed by atoms with E-state index in [1.165, 1.54) is 51.5 Å². The van der Waals surface area contributed by atoms with Crippen molar-refractivity contribution in [3.63, 3.8) is 0 Å². The van der Waals surface area contributed by atoms with Crippen LogP contribution in [0, 0.1) is 5.41 Å². The van der Waals surface area contributed by atoms with Gasteiger partial charge in [-0.25, -0.2) is 0 Å². The lowest BCUT2D eigenvalue weighted by molar-refractivity contribution is 0.109. The Labute approximate surface area is 89.7 Å². The van der Waals surface area contributed by atoms with Crippen LogP contribution >= 0.6 is 0 Å². The molecule has 0 aliphatic heterocycles. The highest BCUT2D eigenvalue weighted by Gasteiger charge is 2.35. The van der Waals surface area contributed by atoms with Crippen molar-refractivity contribution in [1.82, 2.24) is 5.32 Å². The molecule has 14 heavy (non-hydrogen) atoms. The molecule has 0 aromatic carbocycles. The van der Waals surface area contributed by atoms with Gasteiger partial charge in [0.05, 0.1) is 0 Å². The van der Waals surface area contributed by atoms with E-state index in [1.807, 2.05) is 0 Å². The summed E-state index contributed by atoms with van der Waals surface area (Å²) in [6.45, 7) is 8.05. The first kappa shape index (κ1) is 12.0. The Bertz CT molecular complexity index is 147. The normalized spacial score (nSPS) is 19.7. The highest BCUT2D eigenvalue weighted by molar-refractivity contribution is 4.89. The van der Waals surface area contributed by atoms with Gasteiger partial charge in [-0.3, -0.25) is 0 Å². The van der Waals surface area contributed by atoms with Crippen molar-refractivity contribution in [3.8, 4) is 0 Å². The van der Waals surface area contributed by atoms with E-state index < -0.39 is 0 Å². The van der Waals surface area contributed by atoms with Crippen molar-refractivity contribution >= 4 is 0 Å². The SMILES string of the molecule is CCCCCC1(CNC(C)C)CCC1. The Balaban J connectivity index is 2.19. The molecular formula is C13H27N. The fraction of sp³-hybridized carbons (Fsp3) is 1.00. The molecular weight excluding hydrogens is 170 g/mol. The van der Waals surface area contributed by atoms with Gasteiger partial charge in [-0.1, -0.05) is 46.5 Å². The topological polar surface area (TPSA) is 12.0 Å². The molecule has 1 N–H and O–H groups in total. The molecule has 1 saturated carbocycles. The standard InChI is InChI=1S/C13H27N/c1-4-5-6-8-13(9-7-10-13)11-14-12(2)3/h12,14H,4-11H2,1-3H3. The van der Waals surface area contributed by atoms with E-state index in [0.29, 0.717) is 11.5 Å². The van der Waals surface area contributed by atoms with Gasteiger partial charge in [-0.05, 0) is 24.7 Å². The molecule has 1 nitrogen and oxygen atoms in total. The smallest absolute Gasteiger partial charge is 0.00106 e. The molecule has 0 aromatic rings. The molecule has 0 amide bonds. The molecule has 1 rings (SSSR count). The van der Waals surface area contributed by atoms with Crippen LogP contribution in [0.25, 0.3) is 0 Å². The van der Waals surface area contributed by atoms with Crippen LogP contribution in [0.5, 0.6) is 0 Å². The predicted molar refractivity (Wildman–Crippen MR) is 63.6 cm³/mol. The first-order valence-electron chi connectivity index (χ1n) is 6.42. The Hall–Kier alpha value is -0.0400. The van der Waals surface area contributed by atoms with Crippen LogP contribution in [0.3, 0.4) is 0 Å². The van der Waals surface area contributed by atoms with Crippen molar-refractivity contribution in [2.45, 2.75) is 71.8 Å². The van der Waals surface area contributed by atoms with Gasteiger partial charge in [0, 0.05) is 12.6 Å². The fourth-order valence-electron chi connectivity index (χ4n) is 2.36. The first-order valence-corrected chi connectivity index (χ1v) is 6.42. The minimum Gasteiger partial charge on any atom is -0.314 e. The van der Waals surface area contributed by atoms with E-state index in [1.54, 1.807) is 0 Å². The maximum absolute atomic E-state index is 3.62. The summed E-state index contributed by atoms with van der Waals surface area (Å²) in [5.74, 6) is 0. The number of unbranched alkanes of at least 4 members (excludes halogenated alkanes) is 2. The summed E-state index contributed by atoms with van der Waals surface area (Å²) in [7, 11) is 0. The molecule has 0 spiro atoms. The van der Waals surface area contributed by atoms with Crippen molar-refractivity contribution in [2.24, 2.45) is 5.41 Å². The van der Waals surface area contributed by atoms with E-state index >= 15 is 0 Å². The van der Waals surface area contributed by atoms with Crippen LogP contribution in [0.1, 0.15) is 65.7 Å². The van der Waals surface area contributed by atoms with Crippen LogP contribution in [0.4, 0.5) is 0 Å². The van der Waals surface area contributed by atoms with Gasteiger partial charge in [0.15, 0.2) is 0 Å². The third-order valence-corrected chi connectivity index (χ3v) is 3.61. The van der Waals surface area contributed by atoms with Gasteiger partial charge in [0.1, 0.15) is 0 Å². The van der Waals surface area contributed by atoms with Gasteiger partial charge >= 0.3 is 0 Å². The zero-order valence-corrected chi connectivity index (χ0v) is 10.2. The minimum absolute atomic E-state index is 0.652.